The lowest BCUT2D eigenvalue weighted by molar-refractivity contribution is -0.122. The van der Waals surface area contributed by atoms with E-state index in [1.807, 2.05) is 0 Å². The monoisotopic (exact) mass is 514 g/mol. The quantitative estimate of drug-likeness (QED) is 0.473. The predicted molar refractivity (Wildman–Crippen MR) is 139 cm³/mol. The Balaban J connectivity index is 1.01. The fourth-order valence-corrected chi connectivity index (χ4v) is 6.20. The number of nitrogens with one attached hydrogen (secondary N) is 1. The summed E-state index contributed by atoms with van der Waals surface area (Å²) in [6, 6.07) is 4.88. The number of nitrogens with zero attached hydrogens (tertiary/aromatic N) is 3. The van der Waals surface area contributed by atoms with Gasteiger partial charge in [-0.1, -0.05) is 30.5 Å². The molecule has 2 saturated carbocycles. The molecular weight excluding hydrogens is 479 g/mol. The van der Waals surface area contributed by atoms with E-state index in [0.29, 0.717) is 28.9 Å². The van der Waals surface area contributed by atoms with Gasteiger partial charge in [0, 0.05) is 24.7 Å². The van der Waals surface area contributed by atoms with Crippen LogP contribution < -0.4 is 15.0 Å². The largest absolute Gasteiger partial charge is 0.493 e. The molecule has 3 fully saturated rings. The van der Waals surface area contributed by atoms with Gasteiger partial charge in [-0.2, -0.15) is 0 Å². The number of piperidine rings is 1. The number of carbonyl (C=O) groups excluding carboxylic acids is 1. The Morgan fingerprint density at radius 1 is 1.22 bits per heavy atom. The Bertz CT molecular complexity index is 1050. The molecule has 0 radical (unpaired) electrons. The molecule has 1 amide bonds. The van der Waals surface area contributed by atoms with Crippen LogP contribution in [0.2, 0.25) is 5.02 Å². The van der Waals surface area contributed by atoms with E-state index in [9.17, 15) is 9.18 Å². The summed E-state index contributed by atoms with van der Waals surface area (Å²) in [5.41, 5.74) is 0.276. The molecule has 2 aliphatic carbocycles. The Morgan fingerprint density at radius 2 is 1.94 bits per heavy atom. The number of benzene rings is 1. The van der Waals surface area contributed by atoms with Gasteiger partial charge in [0.25, 0.3) is 0 Å². The van der Waals surface area contributed by atoms with Gasteiger partial charge in [0.15, 0.2) is 0 Å². The number of ether oxygens (including phenoxy) is 1. The fourth-order valence-electron chi connectivity index (χ4n) is 6.10. The molecule has 36 heavy (non-hydrogen) atoms. The van der Waals surface area contributed by atoms with Crippen LogP contribution >= 0.6 is 11.6 Å². The van der Waals surface area contributed by atoms with E-state index in [-0.39, 0.29) is 23.7 Å². The van der Waals surface area contributed by atoms with E-state index in [0.717, 1.165) is 75.8 Å². The lowest BCUT2D eigenvalue weighted by atomic mass is 9.90. The van der Waals surface area contributed by atoms with Crippen LogP contribution in [0.1, 0.15) is 63.9 Å². The van der Waals surface area contributed by atoms with Crippen LogP contribution in [0.5, 0.6) is 5.75 Å². The van der Waals surface area contributed by atoms with Crippen LogP contribution in [-0.2, 0) is 11.2 Å². The van der Waals surface area contributed by atoms with Gasteiger partial charge in [-0.05, 0) is 74.8 Å². The summed E-state index contributed by atoms with van der Waals surface area (Å²) in [6.07, 6.45) is 12.2. The number of amides is 1. The zero-order valence-corrected chi connectivity index (χ0v) is 21.8. The van der Waals surface area contributed by atoms with E-state index >= 15 is 0 Å². The predicted octanol–water partition coefficient (Wildman–Crippen LogP) is 5.58. The van der Waals surface area contributed by atoms with Gasteiger partial charge in [-0.25, -0.2) is 14.4 Å². The molecule has 1 aromatic heterocycles. The van der Waals surface area contributed by atoms with Crippen molar-refractivity contribution in [3.8, 4) is 5.75 Å². The molecule has 0 bridgehead atoms. The zero-order chi connectivity index (χ0) is 25.1. The minimum atomic E-state index is -0.375. The lowest BCUT2D eigenvalue weighted by Gasteiger charge is -2.32. The van der Waals surface area contributed by atoms with Crippen LogP contribution in [0.15, 0.2) is 30.6 Å². The molecule has 1 aromatic carbocycles. The number of halogens is 2. The summed E-state index contributed by atoms with van der Waals surface area (Å²) in [5.74, 6) is 3.01. The fraction of sp³-hybridized carbons (Fsp3) is 0.607. The lowest BCUT2D eigenvalue weighted by Crippen LogP contribution is -2.44. The first-order valence-electron chi connectivity index (χ1n) is 13.3. The molecule has 5 rings (SSSR count). The summed E-state index contributed by atoms with van der Waals surface area (Å²) in [4.78, 5) is 23.3. The highest BCUT2D eigenvalue weighted by molar-refractivity contribution is 6.30. The van der Waals surface area contributed by atoms with Crippen molar-refractivity contribution in [1.82, 2.24) is 15.3 Å². The normalized spacial score (nSPS) is 23.5. The number of rotatable bonds is 9. The van der Waals surface area contributed by atoms with E-state index in [2.05, 4.69) is 27.1 Å². The van der Waals surface area contributed by atoms with Crippen molar-refractivity contribution in [2.24, 2.45) is 17.8 Å². The maximum atomic E-state index is 14.6. The second-order valence-corrected chi connectivity index (χ2v) is 11.5. The topological polar surface area (TPSA) is 67.3 Å². The highest BCUT2D eigenvalue weighted by Gasteiger charge is 2.43. The Hall–Kier alpha value is -2.41. The zero-order valence-electron chi connectivity index (χ0n) is 21.0. The molecule has 0 spiro atoms. The number of carbonyl (C=O) groups is 1. The third-order valence-electron chi connectivity index (χ3n) is 8.29. The summed E-state index contributed by atoms with van der Waals surface area (Å²) in [6.45, 7) is 4.63. The molecular formula is C28H36ClFN4O2. The third-order valence-corrected chi connectivity index (χ3v) is 8.49. The van der Waals surface area contributed by atoms with Gasteiger partial charge >= 0.3 is 0 Å². The van der Waals surface area contributed by atoms with Crippen LogP contribution in [0.3, 0.4) is 0 Å². The van der Waals surface area contributed by atoms with E-state index < -0.39 is 0 Å². The van der Waals surface area contributed by atoms with E-state index in [1.54, 1.807) is 24.5 Å². The van der Waals surface area contributed by atoms with Crippen LogP contribution in [0.4, 0.5) is 10.3 Å². The molecule has 1 saturated heterocycles. The first kappa shape index (κ1) is 25.2. The van der Waals surface area contributed by atoms with Gasteiger partial charge in [0.1, 0.15) is 11.6 Å². The number of anilines is 1. The molecule has 2 aromatic rings. The average Bonchev–Trinajstić information content (AvgIpc) is 3.51. The number of hydrogen-bond donors (Lipinski definition) is 1. The summed E-state index contributed by atoms with van der Waals surface area (Å²) in [5, 5.41) is 3.65. The van der Waals surface area contributed by atoms with Gasteiger partial charge in [0.2, 0.25) is 11.9 Å². The molecule has 6 nitrogen and oxygen atoms in total. The number of aromatic nitrogens is 2. The van der Waals surface area contributed by atoms with Crippen molar-refractivity contribution >= 4 is 23.5 Å². The highest BCUT2D eigenvalue weighted by Crippen LogP contribution is 2.49. The van der Waals surface area contributed by atoms with Crippen molar-refractivity contribution < 1.29 is 13.9 Å². The molecule has 2 unspecified atom stereocenters. The van der Waals surface area contributed by atoms with Crippen molar-refractivity contribution in [3.63, 3.8) is 0 Å². The molecule has 1 N–H and O–H groups in total. The Kier molecular flexibility index (Phi) is 7.65. The SMILES string of the molecule is CC1(NC(=O)Cc2ccc(OCCC3CC3C3CCN(c4ncc(Cl)cn4)CC3)cc2F)CCCC1. The minimum absolute atomic E-state index is 0.0639. The second kappa shape index (κ2) is 10.9. The summed E-state index contributed by atoms with van der Waals surface area (Å²) < 4.78 is 20.5. The second-order valence-electron chi connectivity index (χ2n) is 11.1. The van der Waals surface area contributed by atoms with Crippen molar-refractivity contribution in [2.75, 3.05) is 24.6 Å². The highest BCUT2D eigenvalue weighted by atomic mass is 35.5. The molecule has 3 aliphatic rings. The molecule has 1 aliphatic heterocycles. The molecule has 2 atom stereocenters. The Morgan fingerprint density at radius 3 is 2.64 bits per heavy atom. The van der Waals surface area contributed by atoms with Crippen molar-refractivity contribution in [2.45, 2.75) is 70.3 Å². The first-order valence-corrected chi connectivity index (χ1v) is 13.7. The van der Waals surface area contributed by atoms with Crippen molar-refractivity contribution in [3.05, 3.63) is 47.0 Å². The standard InChI is InChI=1S/C28H36ClFN4O2/c1-28(9-2-3-10-28)33-26(35)15-21-4-5-23(16-25(21)30)36-13-8-20-14-24(20)19-6-11-34(12-7-19)27-31-17-22(29)18-32-27/h4-5,16-20,24H,2-3,6-15H2,1H3,(H,33,35). The maximum absolute atomic E-state index is 14.6. The first-order chi connectivity index (χ1) is 17.4. The van der Waals surface area contributed by atoms with Gasteiger partial charge in [0.05, 0.1) is 30.4 Å². The molecule has 8 heteroatoms. The molecule has 2 heterocycles. The van der Waals surface area contributed by atoms with Crippen LogP contribution in [0, 0.1) is 23.6 Å². The summed E-state index contributed by atoms with van der Waals surface area (Å²) in [7, 11) is 0. The third kappa shape index (κ3) is 6.28. The van der Waals surface area contributed by atoms with Crippen molar-refractivity contribution in [1.29, 1.82) is 0 Å². The molecule has 194 valence electrons. The Labute approximate surface area is 218 Å². The average molecular weight is 515 g/mol. The van der Waals surface area contributed by atoms with Gasteiger partial charge in [-0.15, -0.1) is 0 Å². The van der Waals surface area contributed by atoms with E-state index in [4.69, 9.17) is 16.3 Å². The van der Waals surface area contributed by atoms with Gasteiger partial charge < -0.3 is 15.0 Å². The summed E-state index contributed by atoms with van der Waals surface area (Å²) >= 11 is 5.90. The minimum Gasteiger partial charge on any atom is -0.493 e. The number of hydrogen-bond acceptors (Lipinski definition) is 5. The van der Waals surface area contributed by atoms with Gasteiger partial charge in [-0.3, -0.25) is 4.79 Å². The van der Waals surface area contributed by atoms with Crippen LogP contribution in [-0.4, -0.2) is 41.1 Å². The van der Waals surface area contributed by atoms with Crippen LogP contribution in [0.25, 0.3) is 0 Å². The van der Waals surface area contributed by atoms with E-state index in [1.165, 1.54) is 12.5 Å². The smallest absolute Gasteiger partial charge is 0.225 e. The maximum Gasteiger partial charge on any atom is 0.225 e.